The zero-order valence-electron chi connectivity index (χ0n) is 55.9. The van der Waals surface area contributed by atoms with Crippen molar-refractivity contribution in [3.05, 3.63) is 356 Å². The summed E-state index contributed by atoms with van der Waals surface area (Å²) in [7, 11) is -16.8. The minimum Gasteiger partial charge on any atom is -0.508 e. The summed E-state index contributed by atoms with van der Waals surface area (Å²) in [6, 6.07) is 56.1. The molecule has 4 aliphatic heterocycles. The lowest BCUT2D eigenvalue weighted by atomic mass is 9.80. The average molecular weight is 1640 g/mol. The maximum atomic E-state index is 14.1. The van der Waals surface area contributed by atoms with Gasteiger partial charge in [0.2, 0.25) is 0 Å². The molecule has 0 bridgehead atoms. The molecule has 20 nitrogen and oxygen atoms in total. The van der Waals surface area contributed by atoms with Gasteiger partial charge in [-0.1, -0.05) is 127 Å². The Balaban J connectivity index is 0.000000155. The molecule has 0 amide bonds. The van der Waals surface area contributed by atoms with Crippen molar-refractivity contribution in [2.45, 2.75) is 42.0 Å². The van der Waals surface area contributed by atoms with Crippen LogP contribution in [0.15, 0.2) is 274 Å². The fourth-order valence-corrected chi connectivity index (χ4v) is 18.7. The molecule has 12 aromatic carbocycles. The lowest BCUT2D eigenvalue weighted by Gasteiger charge is -2.29. The highest BCUT2D eigenvalue weighted by atomic mass is 32.2. The Labute approximate surface area is 626 Å². The molecule has 0 radical (unpaired) electrons. The van der Waals surface area contributed by atoms with Gasteiger partial charge in [-0.15, -0.1) is 0 Å². The van der Waals surface area contributed by atoms with Gasteiger partial charge in [-0.25, -0.2) is 43.1 Å². The van der Waals surface area contributed by atoms with Gasteiger partial charge in [-0.05, 0) is 172 Å². The van der Waals surface area contributed by atoms with Crippen LogP contribution in [0, 0.1) is 34.9 Å². The predicted octanol–water partition coefficient (Wildman–Crippen LogP) is 15.8. The number of phenols is 8. The number of aromatic hydroxyl groups is 8. The summed E-state index contributed by atoms with van der Waals surface area (Å²) in [5, 5.41) is 76.2. The van der Waals surface area contributed by atoms with Crippen LogP contribution in [0.4, 0.5) is 53.8 Å². The highest BCUT2D eigenvalue weighted by molar-refractivity contribution is 7.88. The fourth-order valence-electron chi connectivity index (χ4n) is 13.0. The first-order chi connectivity index (χ1) is 53.2. The predicted molar refractivity (Wildman–Crippen MR) is 370 cm³/mol. The molecule has 0 fully saturated rings. The van der Waals surface area contributed by atoms with E-state index in [1.165, 1.54) is 109 Å². The summed E-state index contributed by atoms with van der Waals surface area (Å²) < 4.78 is 255. The number of fused-ring (bicyclic) bond motifs is 4. The monoisotopic (exact) mass is 1640 g/mol. The topological polar surface area (TPSA) is 335 Å². The zero-order valence-corrected chi connectivity index (χ0v) is 59.2. The van der Waals surface area contributed by atoms with Gasteiger partial charge in [0, 0.05) is 49.7 Å². The Bertz CT molecular complexity index is 5890. The molecule has 1 atom stereocenters. The van der Waals surface area contributed by atoms with E-state index < -0.39 is 131 Å². The molecular weight excluding hydrogens is 1590 g/mol. The van der Waals surface area contributed by atoms with Crippen LogP contribution in [-0.2, 0) is 79.6 Å². The van der Waals surface area contributed by atoms with E-state index in [0.29, 0.717) is 27.8 Å². The molecule has 8 N–H and O–H groups in total. The quantitative estimate of drug-likeness (QED) is 0.0517. The molecule has 4 aliphatic rings. The number of halogens is 12. The van der Waals surface area contributed by atoms with Crippen LogP contribution in [0.25, 0.3) is 0 Å². The van der Waals surface area contributed by atoms with Gasteiger partial charge in [0.25, 0.3) is 40.5 Å². The summed E-state index contributed by atoms with van der Waals surface area (Å²) in [5.41, 5.74) is -4.38. The molecule has 0 aliphatic carbocycles. The van der Waals surface area contributed by atoms with E-state index in [0.717, 1.165) is 78.9 Å². The van der Waals surface area contributed by atoms with E-state index in [1.54, 1.807) is 66.7 Å². The number of hydrogen-bond acceptors (Lipinski definition) is 20. The van der Waals surface area contributed by atoms with Crippen molar-refractivity contribution in [3.63, 3.8) is 0 Å². The molecular formula is C76H50F12O20S4. The summed E-state index contributed by atoms with van der Waals surface area (Å²) in [6.07, 6.45) is 0. The summed E-state index contributed by atoms with van der Waals surface area (Å²) in [5.74, 6) is -8.88. The minimum atomic E-state index is -4.49. The molecule has 4 heterocycles. The third-order valence-electron chi connectivity index (χ3n) is 17.7. The molecule has 0 saturated carbocycles. The fraction of sp³-hybridized carbons (Fsp3) is 0.0526. The summed E-state index contributed by atoms with van der Waals surface area (Å²) >= 11 is 0. The number of phenolic OH excluding ortho intramolecular Hbond substituents is 8. The second-order valence-corrected chi connectivity index (χ2v) is 30.0. The van der Waals surface area contributed by atoms with E-state index in [4.69, 9.17) is 44.2 Å². The van der Waals surface area contributed by atoms with Gasteiger partial charge in [-0.3, -0.25) is 0 Å². The molecule has 0 spiro atoms. The SMILES string of the molecule is FF.FF.FF.O=S1(=O)OC(c2ccc(O)c(F)c2)(c2ccc(O)c(F)c2)c2ccc(F)cc21.O=S1(=O)OC(c2ccc(O)c(F)c2)(c2ccc(O)c(F)c2)c2ccccc21.O=S1(=O)OC(c2ccc(O)cc2)(c2ccc(O)c(F)c2)c2ccccc21.O=S1(=O)OC(c2ccc(O)cc2)(c2ccc(O)cc2)c2ccccc21. The van der Waals surface area contributed by atoms with Crippen LogP contribution in [0.2, 0.25) is 0 Å². The molecule has 582 valence electrons. The molecule has 12 aromatic rings. The van der Waals surface area contributed by atoms with Gasteiger partial charge >= 0.3 is 0 Å². The van der Waals surface area contributed by atoms with Gasteiger partial charge in [-0.2, -0.15) is 33.7 Å². The lowest BCUT2D eigenvalue weighted by molar-refractivity contribution is 0.108. The van der Waals surface area contributed by atoms with Crippen molar-refractivity contribution in [3.8, 4) is 46.0 Å². The molecule has 16 rings (SSSR count). The van der Waals surface area contributed by atoms with E-state index in [9.17, 15) is 101 Å². The first-order valence-corrected chi connectivity index (χ1v) is 37.0. The Morgan fingerprint density at radius 3 is 0.661 bits per heavy atom. The largest absolute Gasteiger partial charge is 0.508 e. The third-order valence-corrected chi connectivity index (χ3v) is 23.2. The van der Waals surface area contributed by atoms with Gasteiger partial charge < -0.3 is 40.9 Å². The van der Waals surface area contributed by atoms with Gasteiger partial charge in [0.1, 0.15) is 42.6 Å². The summed E-state index contributed by atoms with van der Waals surface area (Å²) in [6.45, 7) is 0. The number of benzene rings is 12. The van der Waals surface area contributed by atoms with E-state index >= 15 is 0 Å². The zero-order chi connectivity index (χ0) is 81.8. The van der Waals surface area contributed by atoms with Crippen LogP contribution in [0.3, 0.4) is 0 Å². The van der Waals surface area contributed by atoms with E-state index in [-0.39, 0.29) is 70.9 Å². The smallest absolute Gasteiger partial charge is 0.299 e. The first kappa shape index (κ1) is 82.3. The second kappa shape index (κ2) is 32.0. The van der Waals surface area contributed by atoms with Crippen molar-refractivity contribution in [1.29, 1.82) is 0 Å². The Morgan fingerprint density at radius 1 is 0.223 bits per heavy atom. The van der Waals surface area contributed by atoms with Crippen LogP contribution in [0.1, 0.15) is 66.8 Å². The Morgan fingerprint density at radius 2 is 0.420 bits per heavy atom. The third kappa shape index (κ3) is 14.8. The highest BCUT2D eigenvalue weighted by Crippen LogP contribution is 2.56. The van der Waals surface area contributed by atoms with Crippen LogP contribution in [0.5, 0.6) is 46.0 Å². The van der Waals surface area contributed by atoms with Crippen LogP contribution >= 0.6 is 0 Å². The molecule has 1 unspecified atom stereocenters. The molecule has 36 heteroatoms. The lowest BCUT2D eigenvalue weighted by Crippen LogP contribution is -2.30. The summed E-state index contributed by atoms with van der Waals surface area (Å²) in [4.78, 5) is -0.529. The second-order valence-electron chi connectivity index (χ2n) is 24.0. The number of rotatable bonds is 8. The van der Waals surface area contributed by atoms with E-state index in [2.05, 4.69) is 0 Å². The van der Waals surface area contributed by atoms with Crippen molar-refractivity contribution >= 4 is 40.5 Å². The molecule has 112 heavy (non-hydrogen) atoms. The number of hydrogen-bond donors (Lipinski definition) is 8. The van der Waals surface area contributed by atoms with Crippen molar-refractivity contribution in [2.75, 3.05) is 0 Å². The van der Waals surface area contributed by atoms with Crippen molar-refractivity contribution < 1.29 is 145 Å². The molecule has 0 aromatic heterocycles. The van der Waals surface area contributed by atoms with Crippen molar-refractivity contribution in [1.82, 2.24) is 0 Å². The van der Waals surface area contributed by atoms with Gasteiger partial charge in [0.05, 0.1) is 0 Å². The van der Waals surface area contributed by atoms with Crippen LogP contribution < -0.4 is 0 Å². The average Bonchev–Trinajstić information content (AvgIpc) is 1.64. The first-order valence-electron chi connectivity index (χ1n) is 31.4. The standard InChI is InChI=1S/C19H11F3O5S.C19H12F2O5S.C19H13FO5S.C19H14O5S.3F2/c20-12-3-4-13-18(9-12)28(25,26)27-19(13,10-1-5-16(23)14(21)7-10)11-2-6-17(24)15(22)8-11;20-14-9-11(5-7-16(14)22)19(12-6-8-17(23)15(21)10-12)13-3-1-2-4-18(13)27(24,25)26-19;20-16-11-13(7-10-17(16)22)19(12-5-8-14(21)9-6-12)15-3-1-2-4-18(15)26(23,24)25-19;20-15-9-5-13(6-10-15)19(14-7-11-16(21)12-8-14)17-3-1-2-4-18(17)25(22,23)24-19;3*1-2/h1-9,23-24H;1-10,22-23H;1-11,21-22H;1-12,20-21H;;;. The van der Waals surface area contributed by atoms with Crippen molar-refractivity contribution in [2.24, 2.45) is 0 Å². The Hall–Kier alpha value is -12.2. The maximum Gasteiger partial charge on any atom is 0.299 e. The highest BCUT2D eigenvalue weighted by Gasteiger charge is 2.56. The molecule has 0 saturated heterocycles. The normalized spacial score (nSPS) is 17.0. The Kier molecular flexibility index (Phi) is 23.6. The minimum absolute atomic E-state index is 0.00470. The van der Waals surface area contributed by atoms with Gasteiger partial charge in [0.15, 0.2) is 80.2 Å². The van der Waals surface area contributed by atoms with E-state index in [1.807, 2.05) is 0 Å². The van der Waals surface area contributed by atoms with Crippen LogP contribution in [-0.4, -0.2) is 74.5 Å². The maximum absolute atomic E-state index is 14.1.